The maximum atomic E-state index is 2.74. The fraction of sp³-hybridized carbons (Fsp3) is 0.304. The largest absolute Gasteiger partial charge is 0.311 e. The van der Waals surface area contributed by atoms with Gasteiger partial charge in [-0.1, -0.05) is 179 Å². The predicted molar refractivity (Wildman–Crippen MR) is 315 cm³/mol. The lowest BCUT2D eigenvalue weighted by Gasteiger charge is -2.48. The monoisotopic (exact) mass is 954 g/mol. The van der Waals surface area contributed by atoms with E-state index in [1.807, 2.05) is 0 Å². The summed E-state index contributed by atoms with van der Waals surface area (Å²) in [7, 11) is 0. The van der Waals surface area contributed by atoms with Gasteiger partial charge in [-0.3, -0.25) is 0 Å². The van der Waals surface area contributed by atoms with E-state index in [9.17, 15) is 0 Å². The van der Waals surface area contributed by atoms with Gasteiger partial charge >= 0.3 is 0 Å². The van der Waals surface area contributed by atoms with E-state index < -0.39 is 0 Å². The van der Waals surface area contributed by atoms with Crippen LogP contribution in [-0.2, 0) is 27.1 Å². The number of benzene rings is 8. The lowest BCUT2D eigenvalue weighted by atomic mass is 9.33. The van der Waals surface area contributed by atoms with Gasteiger partial charge in [-0.2, -0.15) is 0 Å². The molecule has 0 radical (unpaired) electrons. The van der Waals surface area contributed by atoms with Crippen LogP contribution in [-0.4, -0.2) is 6.71 Å². The van der Waals surface area contributed by atoms with Crippen molar-refractivity contribution in [3.05, 3.63) is 203 Å². The highest BCUT2D eigenvalue weighted by molar-refractivity contribution is 7.00. The van der Waals surface area contributed by atoms with Crippen molar-refractivity contribution < 1.29 is 0 Å². The standard InChI is InChI=1S/C69H72BN3/c1-44-29-30-47(46-23-17-14-18-24-46)36-59(44)72-58-32-31-48(65(3,4)5)37-56(58)70-57-40-53-54(67(8,9)34-33-66(53,6)7)42-61(57)73(60-41-55-52(35-45(60)2)68(10,11)43-69(55,12)13)63-39-51(38-62(72)64(63)70)71(49-25-19-15-20-26-49)50-27-21-16-22-28-50/h14-32,35-42H,33-34,43H2,1-13H3. The van der Waals surface area contributed by atoms with Gasteiger partial charge in [0.15, 0.2) is 0 Å². The predicted octanol–water partition coefficient (Wildman–Crippen LogP) is 17.1. The van der Waals surface area contributed by atoms with Crippen LogP contribution in [0.4, 0.5) is 51.2 Å². The second-order valence-electron chi connectivity index (χ2n) is 25.8. The summed E-state index contributed by atoms with van der Waals surface area (Å²) in [5.74, 6) is 0. The third-order valence-electron chi connectivity index (χ3n) is 17.7. The van der Waals surface area contributed by atoms with Gasteiger partial charge in [-0.25, -0.2) is 0 Å². The first-order valence-electron chi connectivity index (χ1n) is 27.0. The smallest absolute Gasteiger partial charge is 0.252 e. The van der Waals surface area contributed by atoms with E-state index in [-0.39, 0.29) is 33.8 Å². The molecule has 0 aromatic heterocycles. The van der Waals surface area contributed by atoms with Crippen molar-refractivity contribution >= 4 is 74.3 Å². The summed E-state index contributed by atoms with van der Waals surface area (Å²) in [6.45, 7) is 31.5. The van der Waals surface area contributed by atoms with Crippen molar-refractivity contribution in [1.29, 1.82) is 0 Å². The average molecular weight is 954 g/mol. The molecule has 8 aromatic carbocycles. The Morgan fingerprint density at radius 2 is 0.904 bits per heavy atom. The molecule has 0 fully saturated rings. The van der Waals surface area contributed by atoms with E-state index in [0.717, 1.165) is 36.3 Å². The molecule has 4 heteroatoms. The lowest BCUT2D eigenvalue weighted by Crippen LogP contribution is -2.62. The maximum absolute atomic E-state index is 2.74. The Labute approximate surface area is 437 Å². The first kappa shape index (κ1) is 47.2. The van der Waals surface area contributed by atoms with Gasteiger partial charge in [0, 0.05) is 45.5 Å². The molecule has 0 N–H and O–H groups in total. The van der Waals surface area contributed by atoms with Crippen LogP contribution >= 0.6 is 0 Å². The molecule has 366 valence electrons. The van der Waals surface area contributed by atoms with Crippen molar-refractivity contribution in [2.24, 2.45) is 0 Å². The molecule has 8 aromatic rings. The summed E-state index contributed by atoms with van der Waals surface area (Å²) in [5.41, 5.74) is 27.3. The van der Waals surface area contributed by atoms with E-state index in [1.165, 1.54) is 101 Å². The van der Waals surface area contributed by atoms with Crippen molar-refractivity contribution in [3.63, 3.8) is 0 Å². The summed E-state index contributed by atoms with van der Waals surface area (Å²) in [6, 6.07) is 63.0. The molecule has 2 aliphatic heterocycles. The first-order chi connectivity index (χ1) is 34.6. The van der Waals surface area contributed by atoms with Crippen LogP contribution in [0.3, 0.4) is 0 Å². The van der Waals surface area contributed by atoms with Crippen molar-refractivity contribution in [2.75, 3.05) is 14.7 Å². The summed E-state index contributed by atoms with van der Waals surface area (Å²) >= 11 is 0. The Morgan fingerprint density at radius 3 is 1.49 bits per heavy atom. The number of anilines is 9. The van der Waals surface area contributed by atoms with E-state index in [4.69, 9.17) is 0 Å². The molecule has 2 heterocycles. The van der Waals surface area contributed by atoms with Crippen molar-refractivity contribution in [2.45, 2.75) is 136 Å². The summed E-state index contributed by atoms with van der Waals surface area (Å²) in [4.78, 5) is 7.86. The van der Waals surface area contributed by atoms with Crippen LogP contribution in [0.5, 0.6) is 0 Å². The number of hydrogen-bond acceptors (Lipinski definition) is 3. The van der Waals surface area contributed by atoms with Crippen molar-refractivity contribution in [3.8, 4) is 11.1 Å². The molecule has 0 bridgehead atoms. The zero-order valence-corrected chi connectivity index (χ0v) is 45.6. The second-order valence-corrected chi connectivity index (χ2v) is 25.8. The number of para-hydroxylation sites is 2. The van der Waals surface area contributed by atoms with Crippen molar-refractivity contribution in [1.82, 2.24) is 0 Å². The Bertz CT molecular complexity index is 3460. The maximum Gasteiger partial charge on any atom is 0.252 e. The van der Waals surface area contributed by atoms with Crippen LogP contribution in [0, 0.1) is 13.8 Å². The molecule has 12 rings (SSSR count). The summed E-state index contributed by atoms with van der Waals surface area (Å²) in [5, 5.41) is 0. The molecule has 73 heavy (non-hydrogen) atoms. The van der Waals surface area contributed by atoms with Crippen LogP contribution in [0.15, 0.2) is 164 Å². The molecule has 0 unspecified atom stereocenters. The van der Waals surface area contributed by atoms with Gasteiger partial charge in [-0.05, 0) is 187 Å². The number of fused-ring (bicyclic) bond motifs is 6. The molecular formula is C69H72BN3. The Kier molecular flexibility index (Phi) is 10.6. The first-order valence-corrected chi connectivity index (χ1v) is 27.0. The van der Waals surface area contributed by atoms with Crippen LogP contribution in [0.25, 0.3) is 11.1 Å². The van der Waals surface area contributed by atoms with Gasteiger partial charge in [0.2, 0.25) is 0 Å². The molecular weight excluding hydrogens is 882 g/mol. The van der Waals surface area contributed by atoms with E-state index in [1.54, 1.807) is 0 Å². The fourth-order valence-electron chi connectivity index (χ4n) is 13.8. The van der Waals surface area contributed by atoms with Gasteiger partial charge in [-0.15, -0.1) is 0 Å². The summed E-state index contributed by atoms with van der Waals surface area (Å²) < 4.78 is 0. The van der Waals surface area contributed by atoms with Crippen LogP contribution < -0.4 is 31.1 Å². The molecule has 4 aliphatic rings. The average Bonchev–Trinajstić information content (AvgIpc) is 3.54. The number of hydrogen-bond donors (Lipinski definition) is 0. The van der Waals surface area contributed by atoms with Crippen LogP contribution in [0.2, 0.25) is 0 Å². The molecule has 0 amide bonds. The minimum atomic E-state index is -0.0602. The highest BCUT2D eigenvalue weighted by Gasteiger charge is 2.49. The minimum Gasteiger partial charge on any atom is -0.311 e. The van der Waals surface area contributed by atoms with E-state index in [0.29, 0.717) is 0 Å². The Balaban J connectivity index is 1.26. The molecule has 3 nitrogen and oxygen atoms in total. The zero-order chi connectivity index (χ0) is 51.1. The number of rotatable bonds is 6. The topological polar surface area (TPSA) is 9.72 Å². The van der Waals surface area contributed by atoms with Crippen LogP contribution in [0.1, 0.15) is 134 Å². The fourth-order valence-corrected chi connectivity index (χ4v) is 13.8. The Hall–Kier alpha value is -6.78. The number of aryl methyl sites for hydroxylation is 2. The van der Waals surface area contributed by atoms with Gasteiger partial charge in [0.25, 0.3) is 6.71 Å². The normalized spacial score (nSPS) is 17.3. The highest BCUT2D eigenvalue weighted by atomic mass is 15.2. The van der Waals surface area contributed by atoms with Gasteiger partial charge in [0.05, 0.1) is 5.69 Å². The third-order valence-corrected chi connectivity index (χ3v) is 17.7. The minimum absolute atomic E-state index is 0.0111. The molecule has 0 saturated heterocycles. The lowest BCUT2D eigenvalue weighted by molar-refractivity contribution is 0.332. The molecule has 0 saturated carbocycles. The molecule has 2 aliphatic carbocycles. The van der Waals surface area contributed by atoms with Gasteiger partial charge < -0.3 is 14.7 Å². The molecule has 0 spiro atoms. The molecule has 0 atom stereocenters. The zero-order valence-electron chi connectivity index (χ0n) is 45.6. The number of nitrogens with zero attached hydrogens (tertiary/aromatic N) is 3. The van der Waals surface area contributed by atoms with E-state index >= 15 is 0 Å². The Morgan fingerprint density at radius 1 is 0.411 bits per heavy atom. The second kappa shape index (κ2) is 16.4. The van der Waals surface area contributed by atoms with E-state index in [2.05, 4.69) is 269 Å². The summed E-state index contributed by atoms with van der Waals surface area (Å²) in [6.07, 6.45) is 3.42. The quantitative estimate of drug-likeness (QED) is 0.154. The third kappa shape index (κ3) is 7.52. The highest BCUT2D eigenvalue weighted by Crippen LogP contribution is 2.56. The SMILES string of the molecule is Cc1ccc(-c2ccccc2)cc1N1c2ccc(C(C)(C)C)cc2B2c3cc4c(cc3N(c3cc5c(cc3C)C(C)(C)CC5(C)C)c3cc(N(c5ccccc5)c5ccccc5)cc1c32)C(C)(C)CCC4(C)C. The van der Waals surface area contributed by atoms with Gasteiger partial charge in [0.1, 0.15) is 0 Å².